The minimum atomic E-state index is -0.430. The fourth-order valence-corrected chi connectivity index (χ4v) is 4.59. The Balaban J connectivity index is 1.46. The monoisotopic (exact) mass is 514 g/mol. The Bertz CT molecular complexity index is 1330. The molecule has 0 spiro atoms. The zero-order chi connectivity index (χ0) is 23.5. The molecule has 0 atom stereocenters. The molecule has 34 heavy (non-hydrogen) atoms. The molecule has 1 aliphatic heterocycles. The Hall–Kier alpha value is -3.34. The fraction of sp³-hybridized carbons (Fsp3) is 0.136. The van der Waals surface area contributed by atoms with Crippen LogP contribution in [0.4, 0.5) is 5.69 Å². The summed E-state index contributed by atoms with van der Waals surface area (Å²) in [6.07, 6.45) is 3.30. The summed E-state index contributed by atoms with van der Waals surface area (Å²) in [5, 5.41) is 12.6. The first-order valence-corrected chi connectivity index (χ1v) is 11.8. The van der Waals surface area contributed by atoms with Crippen LogP contribution in [0.15, 0.2) is 60.0 Å². The number of ether oxygens (including phenoxy) is 2. The standard InChI is InChI=1S/C22H16Cl2N6O3S/c23-13-8-14(24)10-16(9-13)30-17(12-34-22-25-4-1-5-26-22)20(28-29-30)21(31)27-15-2-3-18-19(11-15)33-7-6-32-18/h1-5,8-11H,6-7,12H2,(H,27,31). The minimum Gasteiger partial charge on any atom is -0.486 e. The number of amides is 1. The van der Waals surface area contributed by atoms with Crippen LogP contribution in [0, 0.1) is 0 Å². The molecule has 9 nitrogen and oxygen atoms in total. The van der Waals surface area contributed by atoms with Crippen molar-refractivity contribution in [3.63, 3.8) is 0 Å². The van der Waals surface area contributed by atoms with Gasteiger partial charge in [-0.3, -0.25) is 4.79 Å². The van der Waals surface area contributed by atoms with Gasteiger partial charge >= 0.3 is 0 Å². The van der Waals surface area contributed by atoms with Crippen LogP contribution in [0.2, 0.25) is 10.0 Å². The number of hydrogen-bond acceptors (Lipinski definition) is 8. The van der Waals surface area contributed by atoms with E-state index in [2.05, 4.69) is 25.6 Å². The number of nitrogens with one attached hydrogen (secondary N) is 1. The van der Waals surface area contributed by atoms with Crippen molar-refractivity contribution in [3.05, 3.63) is 76.3 Å². The second kappa shape index (κ2) is 9.88. The first-order chi connectivity index (χ1) is 16.6. The third-order valence-corrected chi connectivity index (χ3v) is 6.07. The van der Waals surface area contributed by atoms with Crippen LogP contribution in [0.5, 0.6) is 11.5 Å². The molecule has 0 fully saturated rings. The van der Waals surface area contributed by atoms with Crippen molar-refractivity contribution in [1.82, 2.24) is 25.0 Å². The molecule has 1 N–H and O–H groups in total. The number of anilines is 1. The van der Waals surface area contributed by atoms with Crippen LogP contribution in [-0.4, -0.2) is 44.1 Å². The zero-order valence-corrected chi connectivity index (χ0v) is 19.8. The number of fused-ring (bicyclic) bond motifs is 1. The first-order valence-electron chi connectivity index (χ1n) is 10.1. The van der Waals surface area contributed by atoms with Gasteiger partial charge in [0, 0.05) is 39.9 Å². The average molecular weight is 515 g/mol. The Labute approximate surface area is 208 Å². The summed E-state index contributed by atoms with van der Waals surface area (Å²) in [6.45, 7) is 0.936. The molecule has 0 bridgehead atoms. The van der Waals surface area contributed by atoms with Gasteiger partial charge in [-0.25, -0.2) is 14.6 Å². The van der Waals surface area contributed by atoms with Gasteiger partial charge in [0.15, 0.2) is 22.3 Å². The number of benzene rings is 2. The number of halogens is 2. The summed E-state index contributed by atoms with van der Waals surface area (Å²) in [5.41, 5.74) is 1.80. The van der Waals surface area contributed by atoms with Crippen molar-refractivity contribution in [1.29, 1.82) is 0 Å². The molecule has 0 radical (unpaired) electrons. The number of hydrogen-bond donors (Lipinski definition) is 1. The maximum atomic E-state index is 13.2. The van der Waals surface area contributed by atoms with Crippen LogP contribution in [-0.2, 0) is 5.75 Å². The SMILES string of the molecule is O=C(Nc1ccc2c(c1)OCCO2)c1nnn(-c2cc(Cl)cc(Cl)c2)c1CSc1ncccn1. The van der Waals surface area contributed by atoms with E-state index in [4.69, 9.17) is 32.7 Å². The van der Waals surface area contributed by atoms with Crippen LogP contribution in [0.1, 0.15) is 16.2 Å². The van der Waals surface area contributed by atoms with E-state index in [9.17, 15) is 4.79 Å². The lowest BCUT2D eigenvalue weighted by molar-refractivity contribution is 0.102. The Morgan fingerprint density at radius 3 is 2.53 bits per heavy atom. The van der Waals surface area contributed by atoms with E-state index in [1.165, 1.54) is 16.4 Å². The summed E-state index contributed by atoms with van der Waals surface area (Å²) in [6, 6.07) is 11.9. The number of thioether (sulfide) groups is 1. The predicted octanol–water partition coefficient (Wildman–Crippen LogP) is 4.68. The second-order valence-corrected chi connectivity index (χ2v) is 8.87. The second-order valence-electron chi connectivity index (χ2n) is 7.06. The van der Waals surface area contributed by atoms with Crippen molar-refractivity contribution in [3.8, 4) is 17.2 Å². The molecule has 1 amide bonds. The smallest absolute Gasteiger partial charge is 0.278 e. The highest BCUT2D eigenvalue weighted by atomic mass is 35.5. The third kappa shape index (κ3) is 4.93. The normalized spacial score (nSPS) is 12.4. The molecule has 172 valence electrons. The first kappa shape index (κ1) is 22.5. The van der Waals surface area contributed by atoms with E-state index >= 15 is 0 Å². The average Bonchev–Trinajstić information content (AvgIpc) is 3.27. The maximum absolute atomic E-state index is 13.2. The molecule has 2 aromatic heterocycles. The van der Waals surface area contributed by atoms with Gasteiger partial charge in [0.05, 0.1) is 11.4 Å². The van der Waals surface area contributed by atoms with Crippen molar-refractivity contribution in [2.75, 3.05) is 18.5 Å². The van der Waals surface area contributed by atoms with Crippen molar-refractivity contribution in [2.45, 2.75) is 10.9 Å². The highest BCUT2D eigenvalue weighted by Gasteiger charge is 2.23. The Morgan fingerprint density at radius 2 is 1.76 bits per heavy atom. The minimum absolute atomic E-state index is 0.148. The molecule has 0 aliphatic carbocycles. The number of nitrogens with zero attached hydrogens (tertiary/aromatic N) is 5. The van der Waals surface area contributed by atoms with E-state index in [1.54, 1.807) is 54.9 Å². The van der Waals surface area contributed by atoms with Gasteiger partial charge in [-0.05, 0) is 36.4 Å². The number of rotatable bonds is 6. The van der Waals surface area contributed by atoms with Crippen LogP contribution < -0.4 is 14.8 Å². The molecule has 4 aromatic rings. The predicted molar refractivity (Wildman–Crippen MR) is 128 cm³/mol. The summed E-state index contributed by atoms with van der Waals surface area (Å²) in [5.74, 6) is 1.09. The van der Waals surface area contributed by atoms with Crippen LogP contribution in [0.3, 0.4) is 0 Å². The van der Waals surface area contributed by atoms with Gasteiger partial charge < -0.3 is 14.8 Å². The van der Waals surface area contributed by atoms with Gasteiger partial charge in [-0.2, -0.15) is 0 Å². The molecular weight excluding hydrogens is 499 g/mol. The lowest BCUT2D eigenvalue weighted by Crippen LogP contribution is -2.17. The molecule has 0 saturated carbocycles. The van der Waals surface area contributed by atoms with Crippen LogP contribution >= 0.6 is 35.0 Å². The zero-order valence-electron chi connectivity index (χ0n) is 17.4. The molecule has 0 saturated heterocycles. The topological polar surface area (TPSA) is 104 Å². The highest BCUT2D eigenvalue weighted by Crippen LogP contribution is 2.33. The fourth-order valence-electron chi connectivity index (χ4n) is 3.28. The Kier molecular flexibility index (Phi) is 6.52. The van der Waals surface area contributed by atoms with E-state index in [0.717, 1.165) is 0 Å². The quantitative estimate of drug-likeness (QED) is 0.292. The summed E-state index contributed by atoms with van der Waals surface area (Å²) < 4.78 is 12.7. The van der Waals surface area contributed by atoms with Gasteiger partial charge in [0.1, 0.15) is 13.2 Å². The highest BCUT2D eigenvalue weighted by molar-refractivity contribution is 7.98. The number of carbonyl (C=O) groups excluding carboxylic acids is 1. The van der Waals surface area contributed by atoms with Gasteiger partial charge in [0.2, 0.25) is 0 Å². The van der Waals surface area contributed by atoms with Gasteiger partial charge in [-0.15, -0.1) is 5.10 Å². The largest absolute Gasteiger partial charge is 0.486 e. The molecule has 1 aliphatic rings. The number of carbonyl (C=O) groups is 1. The van der Waals surface area contributed by atoms with Crippen molar-refractivity contribution < 1.29 is 14.3 Å². The molecule has 3 heterocycles. The molecular formula is C22H16Cl2N6O3S. The summed E-state index contributed by atoms with van der Waals surface area (Å²) in [4.78, 5) is 21.7. The van der Waals surface area contributed by atoms with Gasteiger partial charge in [0.25, 0.3) is 5.91 Å². The molecule has 12 heteroatoms. The van der Waals surface area contributed by atoms with Crippen molar-refractivity contribution >= 4 is 46.6 Å². The number of aromatic nitrogens is 5. The van der Waals surface area contributed by atoms with E-state index in [-0.39, 0.29) is 5.69 Å². The van der Waals surface area contributed by atoms with Crippen LogP contribution in [0.25, 0.3) is 5.69 Å². The summed E-state index contributed by atoms with van der Waals surface area (Å²) in [7, 11) is 0. The lowest BCUT2D eigenvalue weighted by Gasteiger charge is -2.18. The van der Waals surface area contributed by atoms with E-state index < -0.39 is 5.91 Å². The third-order valence-electron chi connectivity index (χ3n) is 4.75. The van der Waals surface area contributed by atoms with Gasteiger partial charge in [-0.1, -0.05) is 40.2 Å². The Morgan fingerprint density at radius 1 is 1.03 bits per heavy atom. The molecule has 2 aromatic carbocycles. The molecule has 0 unspecified atom stereocenters. The van der Waals surface area contributed by atoms with Crippen molar-refractivity contribution in [2.24, 2.45) is 0 Å². The summed E-state index contributed by atoms with van der Waals surface area (Å²) >= 11 is 13.7. The lowest BCUT2D eigenvalue weighted by atomic mass is 10.2. The maximum Gasteiger partial charge on any atom is 0.278 e. The molecule has 5 rings (SSSR count). The van der Waals surface area contributed by atoms with E-state index in [0.29, 0.717) is 62.7 Å². The van der Waals surface area contributed by atoms with E-state index in [1.807, 2.05) is 0 Å².